The molecule has 6 nitrogen and oxygen atoms in total. The van der Waals surface area contributed by atoms with Gasteiger partial charge in [0.05, 0.1) is 12.3 Å². The summed E-state index contributed by atoms with van der Waals surface area (Å²) in [5.74, 6) is 0. The smallest absolute Gasteiger partial charge is 0.404 e. The van der Waals surface area contributed by atoms with Crippen molar-refractivity contribution in [1.82, 2.24) is 15.4 Å². The molecule has 6 heteroatoms. The Morgan fingerprint density at radius 2 is 2.58 bits per heavy atom. The monoisotopic (exact) mass is 170 g/mol. The first-order valence-electron chi connectivity index (χ1n) is 3.56. The van der Waals surface area contributed by atoms with Gasteiger partial charge in [-0.2, -0.15) is 0 Å². The fourth-order valence-corrected chi connectivity index (χ4v) is 0.774. The van der Waals surface area contributed by atoms with E-state index >= 15 is 0 Å². The van der Waals surface area contributed by atoms with Crippen molar-refractivity contribution in [1.29, 1.82) is 0 Å². The van der Waals surface area contributed by atoms with Gasteiger partial charge in [-0.15, -0.1) is 5.10 Å². The summed E-state index contributed by atoms with van der Waals surface area (Å²) < 4.78 is 4.52. The number of nitrogens with one attached hydrogen (secondary N) is 1. The Hall–Kier alpha value is -1.59. The van der Waals surface area contributed by atoms with Gasteiger partial charge in [-0.05, 0) is 12.8 Å². The molecular formula is C6H10N4O2. The van der Waals surface area contributed by atoms with E-state index in [-0.39, 0.29) is 0 Å². The molecule has 1 rings (SSSR count). The molecular weight excluding hydrogens is 160 g/mol. The van der Waals surface area contributed by atoms with E-state index in [0.717, 1.165) is 12.1 Å². The predicted molar refractivity (Wildman–Crippen MR) is 40.2 cm³/mol. The minimum atomic E-state index is -0.741. The van der Waals surface area contributed by atoms with Crippen molar-refractivity contribution in [2.45, 2.75) is 12.8 Å². The lowest BCUT2D eigenvalue weighted by atomic mass is 10.3. The Labute approximate surface area is 69.1 Å². The van der Waals surface area contributed by atoms with Crippen LogP contribution in [0.3, 0.4) is 0 Å². The Morgan fingerprint density at radius 1 is 1.75 bits per heavy atom. The summed E-state index contributed by atoms with van der Waals surface area (Å²) in [7, 11) is 0. The van der Waals surface area contributed by atoms with Crippen molar-refractivity contribution < 1.29 is 9.53 Å². The van der Waals surface area contributed by atoms with E-state index in [9.17, 15) is 4.79 Å². The molecule has 0 saturated carbocycles. The van der Waals surface area contributed by atoms with Crippen molar-refractivity contribution in [3.05, 3.63) is 11.9 Å². The van der Waals surface area contributed by atoms with Crippen LogP contribution < -0.4 is 5.73 Å². The van der Waals surface area contributed by atoms with Gasteiger partial charge in [0.25, 0.3) is 0 Å². The van der Waals surface area contributed by atoms with Crippen molar-refractivity contribution in [3.63, 3.8) is 0 Å². The maximum absolute atomic E-state index is 10.1. The number of aromatic amines is 1. The standard InChI is InChI=1S/C6H10N4O2/c7-6(11)12-3-1-2-5-4-8-10-9-5/h4H,1-3H2,(H2,7,11)(H,8,9,10). The molecule has 1 aromatic heterocycles. The lowest BCUT2D eigenvalue weighted by molar-refractivity contribution is 0.155. The van der Waals surface area contributed by atoms with Gasteiger partial charge in [0, 0.05) is 6.20 Å². The molecule has 1 aromatic rings. The van der Waals surface area contributed by atoms with Crippen LogP contribution in [0.5, 0.6) is 0 Å². The molecule has 0 spiro atoms. The number of primary amides is 1. The maximum atomic E-state index is 10.1. The molecule has 66 valence electrons. The number of hydrogen-bond acceptors (Lipinski definition) is 4. The van der Waals surface area contributed by atoms with Gasteiger partial charge in [0.2, 0.25) is 0 Å². The van der Waals surface area contributed by atoms with Crippen molar-refractivity contribution in [2.75, 3.05) is 6.61 Å². The third-order valence-electron chi connectivity index (χ3n) is 1.29. The van der Waals surface area contributed by atoms with E-state index in [1.165, 1.54) is 0 Å². The molecule has 0 aliphatic carbocycles. The number of carbonyl (C=O) groups is 1. The average molecular weight is 170 g/mol. The highest BCUT2D eigenvalue weighted by atomic mass is 16.5. The van der Waals surface area contributed by atoms with Crippen molar-refractivity contribution in [2.24, 2.45) is 5.73 Å². The summed E-state index contributed by atoms with van der Waals surface area (Å²) in [5.41, 5.74) is 5.61. The number of ether oxygens (including phenoxy) is 1. The second-order valence-corrected chi connectivity index (χ2v) is 2.24. The molecule has 3 N–H and O–H groups in total. The van der Waals surface area contributed by atoms with Crippen LogP contribution in [-0.2, 0) is 11.2 Å². The first-order valence-corrected chi connectivity index (χ1v) is 3.56. The van der Waals surface area contributed by atoms with Crippen LogP contribution in [0, 0.1) is 0 Å². The van der Waals surface area contributed by atoms with Crippen LogP contribution in [0.4, 0.5) is 4.79 Å². The third-order valence-corrected chi connectivity index (χ3v) is 1.29. The van der Waals surface area contributed by atoms with Gasteiger partial charge >= 0.3 is 6.09 Å². The Bertz CT molecular complexity index is 234. The molecule has 0 unspecified atom stereocenters. The molecule has 0 bridgehead atoms. The second kappa shape index (κ2) is 4.32. The van der Waals surface area contributed by atoms with E-state index in [0.29, 0.717) is 13.0 Å². The molecule has 1 amide bonds. The number of nitrogens with zero attached hydrogens (tertiary/aromatic N) is 2. The molecule has 0 aliphatic heterocycles. The van der Waals surface area contributed by atoms with Crippen LogP contribution in [0.15, 0.2) is 6.20 Å². The summed E-state index contributed by atoms with van der Waals surface area (Å²) in [6.45, 7) is 0.322. The number of aromatic nitrogens is 3. The predicted octanol–water partition coefficient (Wildman–Crippen LogP) is -0.167. The van der Waals surface area contributed by atoms with E-state index in [2.05, 4.69) is 20.1 Å². The fourth-order valence-electron chi connectivity index (χ4n) is 0.774. The van der Waals surface area contributed by atoms with E-state index in [1.54, 1.807) is 6.20 Å². The lowest BCUT2D eigenvalue weighted by Gasteiger charge is -1.97. The minimum absolute atomic E-state index is 0.322. The summed E-state index contributed by atoms with van der Waals surface area (Å²) in [6, 6.07) is 0. The van der Waals surface area contributed by atoms with Gasteiger partial charge in [0.1, 0.15) is 0 Å². The van der Waals surface area contributed by atoms with E-state index in [1.807, 2.05) is 0 Å². The zero-order chi connectivity index (χ0) is 8.81. The van der Waals surface area contributed by atoms with Crippen LogP contribution in [0.2, 0.25) is 0 Å². The summed E-state index contributed by atoms with van der Waals surface area (Å²) in [5, 5.41) is 9.87. The van der Waals surface area contributed by atoms with Crippen molar-refractivity contribution >= 4 is 6.09 Å². The first kappa shape index (κ1) is 8.51. The van der Waals surface area contributed by atoms with Crippen LogP contribution in [0.1, 0.15) is 12.1 Å². The quantitative estimate of drug-likeness (QED) is 0.613. The summed E-state index contributed by atoms with van der Waals surface area (Å²) in [6.07, 6.45) is 2.39. The van der Waals surface area contributed by atoms with Gasteiger partial charge in [0.15, 0.2) is 0 Å². The van der Waals surface area contributed by atoms with E-state index in [4.69, 9.17) is 5.73 Å². The fraction of sp³-hybridized carbons (Fsp3) is 0.500. The average Bonchev–Trinajstić information content (AvgIpc) is 2.49. The van der Waals surface area contributed by atoms with Gasteiger partial charge in [-0.25, -0.2) is 4.79 Å². The molecule has 0 atom stereocenters. The SMILES string of the molecule is NC(=O)OCCCc1c[nH]nn1. The Balaban J connectivity index is 2.07. The largest absolute Gasteiger partial charge is 0.450 e. The molecule has 0 fully saturated rings. The third kappa shape index (κ3) is 3.00. The number of hydrogen-bond donors (Lipinski definition) is 2. The second-order valence-electron chi connectivity index (χ2n) is 2.24. The van der Waals surface area contributed by atoms with Gasteiger partial charge < -0.3 is 10.5 Å². The van der Waals surface area contributed by atoms with Gasteiger partial charge in [-0.1, -0.05) is 5.21 Å². The molecule has 0 radical (unpaired) electrons. The highest BCUT2D eigenvalue weighted by Crippen LogP contribution is 1.95. The number of rotatable bonds is 4. The number of H-pyrrole nitrogens is 1. The summed E-state index contributed by atoms with van der Waals surface area (Å²) in [4.78, 5) is 10.1. The number of amides is 1. The summed E-state index contributed by atoms with van der Waals surface area (Å²) >= 11 is 0. The Morgan fingerprint density at radius 3 is 3.17 bits per heavy atom. The number of aryl methyl sites for hydroxylation is 1. The highest BCUT2D eigenvalue weighted by Gasteiger charge is 1.97. The van der Waals surface area contributed by atoms with Crippen LogP contribution in [0.25, 0.3) is 0 Å². The Kier molecular flexibility index (Phi) is 3.06. The van der Waals surface area contributed by atoms with Crippen LogP contribution in [-0.4, -0.2) is 28.1 Å². The molecule has 12 heavy (non-hydrogen) atoms. The lowest BCUT2D eigenvalue weighted by Crippen LogP contribution is -2.13. The van der Waals surface area contributed by atoms with Crippen molar-refractivity contribution in [3.8, 4) is 0 Å². The normalized spacial score (nSPS) is 9.67. The molecule has 0 aromatic carbocycles. The minimum Gasteiger partial charge on any atom is -0.450 e. The maximum Gasteiger partial charge on any atom is 0.404 e. The molecule has 0 saturated heterocycles. The zero-order valence-electron chi connectivity index (χ0n) is 6.49. The zero-order valence-corrected chi connectivity index (χ0v) is 6.49. The first-order chi connectivity index (χ1) is 5.79. The number of nitrogens with two attached hydrogens (primary N) is 1. The highest BCUT2D eigenvalue weighted by molar-refractivity contribution is 5.64. The van der Waals surface area contributed by atoms with Crippen LogP contribution >= 0.6 is 0 Å². The topological polar surface area (TPSA) is 93.9 Å². The van der Waals surface area contributed by atoms with Gasteiger partial charge in [-0.3, -0.25) is 5.10 Å². The number of carbonyl (C=O) groups excluding carboxylic acids is 1. The molecule has 1 heterocycles. The van der Waals surface area contributed by atoms with E-state index < -0.39 is 6.09 Å². The molecule has 0 aliphatic rings.